The molecule has 4 aromatic heterocycles. The summed E-state index contributed by atoms with van der Waals surface area (Å²) in [6.07, 6.45) is 10.1. The van der Waals surface area contributed by atoms with Crippen LogP contribution in [0.4, 0.5) is 0 Å². The van der Waals surface area contributed by atoms with Crippen molar-refractivity contribution in [1.82, 2.24) is 24.4 Å². The van der Waals surface area contributed by atoms with Gasteiger partial charge in [0, 0.05) is 46.3 Å². The van der Waals surface area contributed by atoms with E-state index in [0.29, 0.717) is 0 Å². The Morgan fingerprint density at radius 1 is 0.526 bits per heavy atom. The quantitative estimate of drug-likeness (QED) is 0.197. The lowest BCUT2D eigenvalue weighted by Crippen LogP contribution is -2.25. The lowest BCUT2D eigenvalue weighted by Gasteiger charge is -2.30. The number of benzene rings is 6. The number of hydrogen-bond donors (Lipinski definition) is 1. The minimum absolute atomic E-state index is 0.431. The topological polar surface area (TPSA) is 47.7 Å². The first-order valence-corrected chi connectivity index (χ1v) is 19.6. The van der Waals surface area contributed by atoms with Crippen LogP contribution in [0, 0.1) is 0 Å². The second-order valence-electron chi connectivity index (χ2n) is 15.4. The molecule has 10 aromatic rings. The van der Waals surface area contributed by atoms with Gasteiger partial charge in [-0.3, -0.25) is 9.97 Å². The van der Waals surface area contributed by atoms with Gasteiger partial charge in [-0.1, -0.05) is 97.1 Å². The van der Waals surface area contributed by atoms with Gasteiger partial charge in [-0.2, -0.15) is 0 Å². The zero-order chi connectivity index (χ0) is 37.2. The Bertz CT molecular complexity index is 3300. The highest BCUT2D eigenvalue weighted by atomic mass is 15.0. The van der Waals surface area contributed by atoms with Crippen LogP contribution in [0.15, 0.2) is 176 Å². The monoisotopic (exact) mass is 727 g/mol. The highest BCUT2D eigenvalue weighted by Crippen LogP contribution is 2.64. The molecule has 1 N–H and O–H groups in total. The van der Waals surface area contributed by atoms with Crippen molar-refractivity contribution in [2.24, 2.45) is 0 Å². The van der Waals surface area contributed by atoms with Gasteiger partial charge < -0.3 is 14.5 Å². The average Bonchev–Trinajstić information content (AvgIpc) is 3.99. The highest BCUT2D eigenvalue weighted by molar-refractivity contribution is 6.18. The predicted octanol–water partition coefficient (Wildman–Crippen LogP) is 11.6. The Hall–Kier alpha value is -7.50. The Balaban J connectivity index is 0.957. The maximum atomic E-state index is 4.77. The van der Waals surface area contributed by atoms with Crippen LogP contribution in [-0.4, -0.2) is 19.1 Å². The van der Waals surface area contributed by atoms with Crippen LogP contribution in [0.3, 0.4) is 0 Å². The number of nitrogens with zero attached hydrogens (tertiary/aromatic N) is 4. The lowest BCUT2D eigenvalue weighted by molar-refractivity contribution is 0.789. The molecule has 13 rings (SSSR count). The Labute approximate surface area is 328 Å². The van der Waals surface area contributed by atoms with Crippen molar-refractivity contribution >= 4 is 38.9 Å². The van der Waals surface area contributed by atoms with E-state index in [4.69, 9.17) is 9.97 Å². The molecule has 5 heterocycles. The fraction of sp³-hybridized carbons (Fsp3) is 0.0385. The molecule has 5 nitrogen and oxygen atoms in total. The number of fused-ring (bicyclic) bond motifs is 17. The zero-order valence-electron chi connectivity index (χ0n) is 30.8. The van der Waals surface area contributed by atoms with Crippen molar-refractivity contribution in [1.29, 1.82) is 0 Å². The van der Waals surface area contributed by atoms with Crippen LogP contribution in [0.25, 0.3) is 83.7 Å². The molecule has 57 heavy (non-hydrogen) atoms. The summed E-state index contributed by atoms with van der Waals surface area (Å²) >= 11 is 0. The second kappa shape index (κ2) is 11.3. The number of hydrogen-bond acceptors (Lipinski definition) is 3. The van der Waals surface area contributed by atoms with Crippen molar-refractivity contribution in [3.05, 3.63) is 210 Å². The second-order valence-corrected chi connectivity index (χ2v) is 15.4. The van der Waals surface area contributed by atoms with Crippen molar-refractivity contribution in [2.45, 2.75) is 12.0 Å². The maximum Gasteiger partial charge on any atom is 0.0961 e. The van der Waals surface area contributed by atoms with Crippen molar-refractivity contribution in [2.75, 3.05) is 0 Å². The van der Waals surface area contributed by atoms with Crippen LogP contribution in [0.5, 0.6) is 0 Å². The minimum atomic E-state index is -0.431. The van der Waals surface area contributed by atoms with E-state index in [2.05, 4.69) is 172 Å². The molecule has 2 aliphatic carbocycles. The summed E-state index contributed by atoms with van der Waals surface area (Å²) in [4.78, 5) is 9.49. The largest absolute Gasteiger partial charge is 0.385 e. The van der Waals surface area contributed by atoms with Crippen LogP contribution < -0.4 is 5.32 Å². The zero-order valence-corrected chi connectivity index (χ0v) is 30.8. The molecule has 0 saturated carbocycles. The summed E-state index contributed by atoms with van der Waals surface area (Å²) in [5, 5.41) is 5.93. The van der Waals surface area contributed by atoms with Crippen molar-refractivity contribution in [3.8, 4) is 44.8 Å². The summed E-state index contributed by atoms with van der Waals surface area (Å²) in [6, 6.07) is 55.9. The summed E-state index contributed by atoms with van der Waals surface area (Å²) < 4.78 is 4.78. The van der Waals surface area contributed by atoms with E-state index >= 15 is 0 Å². The normalized spacial score (nSPS) is 14.1. The van der Waals surface area contributed by atoms with Crippen LogP contribution >= 0.6 is 0 Å². The van der Waals surface area contributed by atoms with Gasteiger partial charge in [0.2, 0.25) is 0 Å². The van der Waals surface area contributed by atoms with E-state index in [1.807, 2.05) is 24.7 Å². The molecule has 0 bridgehead atoms. The smallest absolute Gasteiger partial charge is 0.0961 e. The van der Waals surface area contributed by atoms with Gasteiger partial charge in [0.15, 0.2) is 0 Å². The third-order valence-corrected chi connectivity index (χ3v) is 12.8. The summed E-state index contributed by atoms with van der Waals surface area (Å²) in [5.41, 5.74) is 21.6. The van der Waals surface area contributed by atoms with Crippen molar-refractivity contribution < 1.29 is 0 Å². The fourth-order valence-electron chi connectivity index (χ4n) is 10.5. The molecule has 0 radical (unpaired) electrons. The van der Waals surface area contributed by atoms with Gasteiger partial charge in [0.25, 0.3) is 0 Å². The first-order valence-electron chi connectivity index (χ1n) is 19.6. The van der Waals surface area contributed by atoms with Gasteiger partial charge in [0.05, 0.1) is 39.7 Å². The van der Waals surface area contributed by atoms with E-state index in [1.165, 1.54) is 88.7 Å². The molecule has 0 fully saturated rings. The van der Waals surface area contributed by atoms with E-state index in [-0.39, 0.29) is 0 Å². The Kier molecular flexibility index (Phi) is 6.09. The molecule has 266 valence electrons. The predicted molar refractivity (Wildman–Crippen MR) is 231 cm³/mol. The molecule has 6 aromatic carbocycles. The first-order chi connectivity index (χ1) is 28.3. The minimum Gasteiger partial charge on any atom is -0.385 e. The van der Waals surface area contributed by atoms with Crippen LogP contribution in [0.2, 0.25) is 0 Å². The summed E-state index contributed by atoms with van der Waals surface area (Å²) in [7, 11) is 0. The summed E-state index contributed by atoms with van der Waals surface area (Å²) in [5.74, 6) is 0. The number of para-hydroxylation sites is 1. The Morgan fingerprint density at radius 3 is 1.98 bits per heavy atom. The molecular formula is C52H33N5. The highest BCUT2D eigenvalue weighted by Gasteiger charge is 2.52. The average molecular weight is 728 g/mol. The van der Waals surface area contributed by atoms with Crippen LogP contribution in [0.1, 0.15) is 33.5 Å². The van der Waals surface area contributed by atoms with Gasteiger partial charge in [-0.25, -0.2) is 0 Å². The van der Waals surface area contributed by atoms with E-state index in [9.17, 15) is 0 Å². The molecule has 1 aliphatic heterocycles. The molecule has 0 saturated heterocycles. The molecular weight excluding hydrogens is 695 g/mol. The summed E-state index contributed by atoms with van der Waals surface area (Å²) in [6.45, 7) is 0.767. The van der Waals surface area contributed by atoms with E-state index in [1.54, 1.807) is 0 Å². The number of nitrogens with one attached hydrogen (secondary N) is 1. The molecule has 3 aliphatic rings. The number of rotatable bonds is 3. The third-order valence-electron chi connectivity index (χ3n) is 12.8. The third kappa shape index (κ3) is 3.92. The molecule has 5 heteroatoms. The van der Waals surface area contributed by atoms with Gasteiger partial charge in [0.1, 0.15) is 0 Å². The SMILES string of the molecule is C1=Cc2c(n(-c3ccc(-c4ccc(-n5c6ccccc6c6c7c(ccc65)C5(c6ccccc6-c6ccccc65)c5cnccc5-7)cc4)cc3)c3cccnc23)CN1. The van der Waals surface area contributed by atoms with Gasteiger partial charge in [-0.15, -0.1) is 0 Å². The maximum absolute atomic E-state index is 4.77. The molecule has 1 spiro atoms. The van der Waals surface area contributed by atoms with Crippen LogP contribution in [-0.2, 0) is 12.0 Å². The first kappa shape index (κ1) is 30.8. The van der Waals surface area contributed by atoms with Crippen molar-refractivity contribution in [3.63, 3.8) is 0 Å². The molecule has 0 unspecified atom stereocenters. The van der Waals surface area contributed by atoms with E-state index < -0.39 is 5.41 Å². The van der Waals surface area contributed by atoms with Gasteiger partial charge in [-0.05, 0) is 123 Å². The fourth-order valence-corrected chi connectivity index (χ4v) is 10.5. The number of pyridine rings is 2. The lowest BCUT2D eigenvalue weighted by atomic mass is 9.71. The standard InChI is InChI=1S/C52H33N5/c1-4-11-41-36(8-1)37-9-2-5-12-42(37)52(41)43-23-24-46-50(49(43)38-25-28-53-30-44(38)52)39-10-3-6-13-45(39)56(46)34-19-15-32(16-20-34)33-17-21-35(22-18-33)57-47-14-7-27-55-51(47)40-26-29-54-31-48(40)57/h1-30,54H,31H2. The number of aromatic nitrogens is 4. The Morgan fingerprint density at radius 2 is 1.21 bits per heavy atom. The van der Waals surface area contributed by atoms with E-state index in [0.717, 1.165) is 29.0 Å². The van der Waals surface area contributed by atoms with Gasteiger partial charge >= 0.3 is 0 Å². The molecule has 0 amide bonds. The molecule has 0 atom stereocenters.